The summed E-state index contributed by atoms with van der Waals surface area (Å²) in [5.74, 6) is -0.884. The van der Waals surface area contributed by atoms with Gasteiger partial charge in [-0.15, -0.1) is 0 Å². The number of rotatable bonds is 4. The summed E-state index contributed by atoms with van der Waals surface area (Å²) in [5.41, 5.74) is 6.00. The van der Waals surface area contributed by atoms with Crippen LogP contribution >= 0.6 is 15.9 Å². The summed E-state index contributed by atoms with van der Waals surface area (Å²) < 4.78 is 6.10. The minimum Gasteiger partial charge on any atom is -0.368 e. The van der Waals surface area contributed by atoms with E-state index in [0.29, 0.717) is 18.6 Å². The number of carbonyl (C=O) groups is 2. The predicted molar refractivity (Wildman–Crippen MR) is 73.2 cm³/mol. The van der Waals surface area contributed by atoms with E-state index in [0.717, 1.165) is 10.9 Å². The Bertz CT molecular complexity index is 487. The zero-order valence-electron chi connectivity index (χ0n) is 10.3. The van der Waals surface area contributed by atoms with E-state index >= 15 is 0 Å². The largest absolute Gasteiger partial charge is 0.368 e. The number of amides is 2. The van der Waals surface area contributed by atoms with E-state index in [9.17, 15) is 9.59 Å². The van der Waals surface area contributed by atoms with Crippen molar-refractivity contribution in [2.75, 3.05) is 6.61 Å². The van der Waals surface area contributed by atoms with E-state index in [1.54, 1.807) is 18.2 Å². The van der Waals surface area contributed by atoms with Crippen molar-refractivity contribution >= 4 is 27.7 Å². The van der Waals surface area contributed by atoms with Gasteiger partial charge in [0.05, 0.1) is 0 Å². The summed E-state index contributed by atoms with van der Waals surface area (Å²) in [7, 11) is 0. The van der Waals surface area contributed by atoms with Crippen LogP contribution in [0.3, 0.4) is 0 Å². The molecule has 2 unspecified atom stereocenters. The van der Waals surface area contributed by atoms with Crippen molar-refractivity contribution in [2.24, 2.45) is 5.73 Å². The molecule has 1 fully saturated rings. The van der Waals surface area contributed by atoms with Crippen LogP contribution in [0.25, 0.3) is 0 Å². The lowest BCUT2D eigenvalue weighted by atomic mass is 10.1. The molecule has 0 bridgehead atoms. The number of nitrogens with two attached hydrogens (primary N) is 1. The van der Waals surface area contributed by atoms with E-state index in [2.05, 4.69) is 21.2 Å². The summed E-state index contributed by atoms with van der Waals surface area (Å²) in [6, 6.07) is 6.28. The fraction of sp³-hybridized carbons (Fsp3) is 0.385. The number of hydrogen-bond acceptors (Lipinski definition) is 3. The highest BCUT2D eigenvalue weighted by atomic mass is 79.9. The number of hydrogen-bond donors (Lipinski definition) is 2. The summed E-state index contributed by atoms with van der Waals surface area (Å²) in [6.07, 6.45) is 1.06. The van der Waals surface area contributed by atoms with Gasteiger partial charge in [0.2, 0.25) is 11.8 Å². The number of ether oxygens (including phenoxy) is 1. The van der Waals surface area contributed by atoms with Crippen molar-refractivity contribution in [1.29, 1.82) is 0 Å². The van der Waals surface area contributed by atoms with Gasteiger partial charge in [0.15, 0.2) is 0 Å². The van der Waals surface area contributed by atoms with Crippen LogP contribution in [0.1, 0.15) is 24.4 Å². The molecule has 0 spiro atoms. The predicted octanol–water partition coefficient (Wildman–Crippen LogP) is 1.27. The Kier molecular flexibility index (Phi) is 4.55. The molecular weight excluding hydrogens is 312 g/mol. The first-order valence-electron chi connectivity index (χ1n) is 6.04. The van der Waals surface area contributed by atoms with Crippen LogP contribution < -0.4 is 11.1 Å². The summed E-state index contributed by atoms with van der Waals surface area (Å²) in [4.78, 5) is 23.5. The molecule has 0 aromatic heterocycles. The molecule has 5 nitrogen and oxygen atoms in total. The molecule has 1 aliphatic heterocycles. The Morgan fingerprint density at radius 3 is 2.84 bits per heavy atom. The fourth-order valence-corrected chi connectivity index (χ4v) is 2.44. The average Bonchev–Trinajstić information content (AvgIpc) is 2.89. The number of nitrogens with one attached hydrogen (secondary N) is 1. The van der Waals surface area contributed by atoms with Crippen molar-refractivity contribution < 1.29 is 14.3 Å². The third kappa shape index (κ3) is 3.54. The maximum Gasteiger partial charge on any atom is 0.250 e. The minimum absolute atomic E-state index is 0.290. The van der Waals surface area contributed by atoms with Crippen LogP contribution in [0.5, 0.6) is 0 Å². The summed E-state index contributed by atoms with van der Waals surface area (Å²) in [6.45, 7) is 0.580. The Labute approximate surface area is 119 Å². The Hall–Kier alpha value is -1.40. The Morgan fingerprint density at radius 1 is 1.47 bits per heavy atom. The molecule has 102 valence electrons. The lowest BCUT2D eigenvalue weighted by Gasteiger charge is -2.18. The van der Waals surface area contributed by atoms with Gasteiger partial charge in [-0.1, -0.05) is 28.1 Å². The van der Waals surface area contributed by atoms with Crippen LogP contribution in [0.2, 0.25) is 0 Å². The smallest absolute Gasteiger partial charge is 0.250 e. The van der Waals surface area contributed by atoms with Crippen LogP contribution in [0.15, 0.2) is 28.7 Å². The van der Waals surface area contributed by atoms with Gasteiger partial charge in [0.1, 0.15) is 12.1 Å². The van der Waals surface area contributed by atoms with Crippen LogP contribution in [-0.2, 0) is 14.3 Å². The van der Waals surface area contributed by atoms with E-state index in [-0.39, 0.29) is 5.91 Å². The summed E-state index contributed by atoms with van der Waals surface area (Å²) >= 11 is 3.32. The van der Waals surface area contributed by atoms with E-state index < -0.39 is 18.1 Å². The first-order valence-corrected chi connectivity index (χ1v) is 6.84. The molecule has 2 rings (SSSR count). The summed E-state index contributed by atoms with van der Waals surface area (Å²) in [5, 5.41) is 2.64. The number of halogens is 1. The van der Waals surface area contributed by atoms with Crippen molar-refractivity contribution in [3.05, 3.63) is 34.3 Å². The molecule has 1 aromatic rings. The average molecular weight is 327 g/mol. The Balaban J connectivity index is 2.12. The molecule has 2 atom stereocenters. The van der Waals surface area contributed by atoms with Gasteiger partial charge in [-0.25, -0.2) is 0 Å². The lowest BCUT2D eigenvalue weighted by Crippen LogP contribution is -2.42. The maximum absolute atomic E-state index is 12.0. The highest BCUT2D eigenvalue weighted by molar-refractivity contribution is 9.10. The molecule has 1 aromatic carbocycles. The molecule has 19 heavy (non-hydrogen) atoms. The minimum atomic E-state index is -0.839. The van der Waals surface area contributed by atoms with E-state index in [4.69, 9.17) is 10.5 Å². The zero-order valence-corrected chi connectivity index (χ0v) is 11.9. The molecule has 0 aliphatic carbocycles. The topological polar surface area (TPSA) is 81.4 Å². The van der Waals surface area contributed by atoms with Crippen molar-refractivity contribution in [1.82, 2.24) is 5.32 Å². The maximum atomic E-state index is 12.0. The molecule has 3 N–H and O–H groups in total. The van der Waals surface area contributed by atoms with Crippen molar-refractivity contribution in [3.8, 4) is 0 Å². The third-order valence-electron chi connectivity index (χ3n) is 2.98. The van der Waals surface area contributed by atoms with E-state index in [1.807, 2.05) is 6.07 Å². The third-order valence-corrected chi connectivity index (χ3v) is 3.47. The first-order chi connectivity index (χ1) is 9.08. The quantitative estimate of drug-likeness (QED) is 0.874. The van der Waals surface area contributed by atoms with Gasteiger partial charge in [-0.2, -0.15) is 0 Å². The molecule has 1 saturated heterocycles. The van der Waals surface area contributed by atoms with Gasteiger partial charge >= 0.3 is 0 Å². The highest BCUT2D eigenvalue weighted by Crippen LogP contribution is 2.19. The molecule has 0 radical (unpaired) electrons. The van der Waals surface area contributed by atoms with Crippen LogP contribution in [0, 0.1) is 0 Å². The Morgan fingerprint density at radius 2 is 2.26 bits per heavy atom. The lowest BCUT2D eigenvalue weighted by molar-refractivity contribution is -0.133. The number of carbonyl (C=O) groups excluding carboxylic acids is 2. The molecule has 6 heteroatoms. The highest BCUT2D eigenvalue weighted by Gasteiger charge is 2.28. The fourth-order valence-electron chi connectivity index (χ4n) is 2.02. The molecule has 1 heterocycles. The second-order valence-corrected chi connectivity index (χ2v) is 5.32. The monoisotopic (exact) mass is 326 g/mol. The second-order valence-electron chi connectivity index (χ2n) is 4.40. The molecule has 0 saturated carbocycles. The van der Waals surface area contributed by atoms with Gasteiger partial charge in [-0.3, -0.25) is 9.59 Å². The van der Waals surface area contributed by atoms with Gasteiger partial charge in [-0.05, 0) is 30.5 Å². The van der Waals surface area contributed by atoms with Crippen LogP contribution in [-0.4, -0.2) is 24.5 Å². The molecular formula is C13H15BrN2O3. The molecule has 1 aliphatic rings. The normalized spacial score (nSPS) is 19.9. The molecule has 2 amide bonds. The second kappa shape index (κ2) is 6.16. The van der Waals surface area contributed by atoms with Crippen molar-refractivity contribution in [3.63, 3.8) is 0 Å². The standard InChI is InChI=1S/C13H15BrN2O3/c14-9-4-1-3-8(7-9)11(12(15)17)16-13(18)10-5-2-6-19-10/h1,3-4,7,10-11H,2,5-6H2,(H2,15,17)(H,16,18). The van der Waals surface area contributed by atoms with Gasteiger partial charge < -0.3 is 15.8 Å². The van der Waals surface area contributed by atoms with Gasteiger partial charge in [0.25, 0.3) is 0 Å². The van der Waals surface area contributed by atoms with Gasteiger partial charge in [0, 0.05) is 11.1 Å². The zero-order chi connectivity index (χ0) is 13.8. The van der Waals surface area contributed by atoms with Crippen LogP contribution in [0.4, 0.5) is 0 Å². The number of benzene rings is 1. The van der Waals surface area contributed by atoms with Crippen molar-refractivity contribution in [2.45, 2.75) is 25.0 Å². The van der Waals surface area contributed by atoms with E-state index in [1.165, 1.54) is 0 Å². The number of primary amides is 1. The first kappa shape index (κ1) is 14.0. The SMILES string of the molecule is NC(=O)C(NC(=O)C1CCCO1)c1cccc(Br)c1.